The van der Waals surface area contributed by atoms with Crippen LogP contribution in [0, 0.1) is 28.4 Å². The fraction of sp³-hybridized carbons (Fsp3) is 0.424. The van der Waals surface area contributed by atoms with E-state index in [4.69, 9.17) is 15.5 Å². The maximum Gasteiger partial charge on any atom is 0.319 e. The van der Waals surface area contributed by atoms with Crippen molar-refractivity contribution in [2.24, 2.45) is 5.41 Å². The number of likely N-dealkylation sites (tertiary alicyclic amines) is 1. The van der Waals surface area contributed by atoms with Crippen LogP contribution in [0.1, 0.15) is 38.7 Å². The second kappa shape index (κ2) is 11.5. The van der Waals surface area contributed by atoms with E-state index in [1.165, 1.54) is 17.4 Å². The van der Waals surface area contributed by atoms with Crippen LogP contribution >= 0.6 is 11.3 Å². The molecule has 3 fully saturated rings. The van der Waals surface area contributed by atoms with Gasteiger partial charge in [-0.2, -0.15) is 15.2 Å². The third-order valence-electron chi connectivity index (χ3n) is 9.63. The van der Waals surface area contributed by atoms with Gasteiger partial charge in [0.05, 0.1) is 17.5 Å². The Hall–Kier alpha value is -3.92. The largest absolute Gasteiger partial charge is 0.462 e. The molecule has 0 amide bonds. The summed E-state index contributed by atoms with van der Waals surface area (Å²) >= 11 is 1.20. The van der Waals surface area contributed by atoms with Crippen LogP contribution in [0.3, 0.4) is 0 Å². The van der Waals surface area contributed by atoms with Crippen LogP contribution in [0.15, 0.2) is 36.2 Å². The van der Waals surface area contributed by atoms with Crippen molar-refractivity contribution in [3.8, 4) is 23.2 Å². The standard InChI is InChI=1S/C33H34F3N7OS/c1-3-42-10-9-18(12-34)33(2,16-42)17-44-32-40-29-22(31(41-32)43-14-19-7-8-20(15-43)39-19)11-24(35)27(28(29)36)21-5-4-6-25-26(21)23(13-37)30(38)45-25/h4-6,11-12,19-20,39H,3,7-10,14-17,38H2,1-2H3/b18-12+/t19-,20+,33-/m0/s1. The molecule has 0 aliphatic carbocycles. The molecule has 0 saturated carbocycles. The summed E-state index contributed by atoms with van der Waals surface area (Å²) in [6, 6.07) is 8.87. The number of rotatable bonds is 6. The molecular formula is C33H34F3N7OS. The van der Waals surface area contributed by atoms with Crippen LogP contribution in [0.4, 0.5) is 24.0 Å². The highest BCUT2D eigenvalue weighted by Crippen LogP contribution is 2.43. The Morgan fingerprint density at radius 1 is 1.24 bits per heavy atom. The second-order valence-corrected chi connectivity index (χ2v) is 13.6. The molecule has 4 aromatic rings. The average Bonchev–Trinajstić information content (AvgIpc) is 3.56. The van der Waals surface area contributed by atoms with Crippen molar-refractivity contribution in [1.82, 2.24) is 20.2 Å². The zero-order valence-corrected chi connectivity index (χ0v) is 26.0. The zero-order valence-electron chi connectivity index (χ0n) is 25.2. The van der Waals surface area contributed by atoms with Crippen LogP contribution in [0.5, 0.6) is 6.01 Å². The summed E-state index contributed by atoms with van der Waals surface area (Å²) in [6.07, 6.45) is 3.28. The molecule has 45 heavy (non-hydrogen) atoms. The summed E-state index contributed by atoms with van der Waals surface area (Å²) in [5.41, 5.74) is 6.16. The molecule has 2 aromatic carbocycles. The summed E-state index contributed by atoms with van der Waals surface area (Å²) in [5.74, 6) is -1.26. The minimum Gasteiger partial charge on any atom is -0.462 e. The highest BCUT2D eigenvalue weighted by Gasteiger charge is 2.38. The van der Waals surface area contributed by atoms with Gasteiger partial charge < -0.3 is 25.6 Å². The normalized spacial score (nSPS) is 24.5. The molecule has 5 heterocycles. The number of hydrogen-bond donors (Lipinski definition) is 2. The second-order valence-electron chi connectivity index (χ2n) is 12.6. The van der Waals surface area contributed by atoms with E-state index in [1.54, 1.807) is 18.2 Å². The topological polar surface area (TPSA) is 103 Å². The van der Waals surface area contributed by atoms with Crippen LogP contribution in [0.2, 0.25) is 0 Å². The van der Waals surface area contributed by atoms with Gasteiger partial charge in [-0.05, 0) is 49.1 Å². The van der Waals surface area contributed by atoms with Gasteiger partial charge in [0.15, 0.2) is 5.82 Å². The minimum atomic E-state index is -0.872. The van der Waals surface area contributed by atoms with Gasteiger partial charge in [0.25, 0.3) is 0 Å². The van der Waals surface area contributed by atoms with Crippen molar-refractivity contribution in [2.45, 2.75) is 45.2 Å². The van der Waals surface area contributed by atoms with E-state index in [0.717, 1.165) is 25.9 Å². The number of benzene rings is 2. The molecular weight excluding hydrogens is 599 g/mol. The van der Waals surface area contributed by atoms with Crippen molar-refractivity contribution in [3.05, 3.63) is 53.4 Å². The van der Waals surface area contributed by atoms with Crippen LogP contribution < -0.4 is 20.7 Å². The van der Waals surface area contributed by atoms with E-state index in [0.29, 0.717) is 53.9 Å². The molecule has 3 atom stereocenters. The lowest BCUT2D eigenvalue weighted by Gasteiger charge is -2.41. The number of piperidine rings is 1. The lowest BCUT2D eigenvalue weighted by Crippen LogP contribution is -2.51. The monoisotopic (exact) mass is 633 g/mol. The van der Waals surface area contributed by atoms with Gasteiger partial charge in [-0.3, -0.25) is 0 Å². The third-order valence-corrected chi connectivity index (χ3v) is 10.6. The first-order valence-corrected chi connectivity index (χ1v) is 16.1. The van der Waals surface area contributed by atoms with E-state index in [1.807, 2.05) is 6.92 Å². The number of nitriles is 1. The number of anilines is 2. The van der Waals surface area contributed by atoms with E-state index < -0.39 is 17.0 Å². The molecule has 0 radical (unpaired) electrons. The van der Waals surface area contributed by atoms with Crippen molar-refractivity contribution < 1.29 is 17.9 Å². The number of aromatic nitrogens is 2. The molecule has 3 aliphatic heterocycles. The van der Waals surface area contributed by atoms with E-state index in [2.05, 4.69) is 33.1 Å². The van der Waals surface area contributed by atoms with Gasteiger partial charge in [-0.1, -0.05) is 26.0 Å². The van der Waals surface area contributed by atoms with Crippen LogP contribution in [-0.2, 0) is 0 Å². The number of nitrogen functional groups attached to an aromatic ring is 1. The molecule has 3 aliphatic rings. The highest BCUT2D eigenvalue weighted by molar-refractivity contribution is 7.23. The molecule has 0 unspecified atom stereocenters. The quantitative estimate of drug-likeness (QED) is 0.261. The molecule has 2 aromatic heterocycles. The van der Waals surface area contributed by atoms with E-state index in [9.17, 15) is 9.65 Å². The number of nitrogens with zero attached hydrogens (tertiary/aromatic N) is 5. The summed E-state index contributed by atoms with van der Waals surface area (Å²) in [7, 11) is 0. The molecule has 3 saturated heterocycles. The molecule has 2 bridgehead atoms. The Bertz CT molecular complexity index is 1880. The number of nitrogens with one attached hydrogen (secondary N) is 1. The van der Waals surface area contributed by atoms with Crippen LogP contribution in [0.25, 0.3) is 32.1 Å². The smallest absolute Gasteiger partial charge is 0.319 e. The highest BCUT2D eigenvalue weighted by atomic mass is 32.1. The van der Waals surface area contributed by atoms with Crippen molar-refractivity contribution >= 4 is 43.1 Å². The lowest BCUT2D eigenvalue weighted by atomic mass is 9.78. The van der Waals surface area contributed by atoms with Gasteiger partial charge in [-0.25, -0.2) is 13.2 Å². The van der Waals surface area contributed by atoms with Gasteiger partial charge in [0.2, 0.25) is 0 Å². The first-order valence-electron chi connectivity index (χ1n) is 15.3. The predicted molar refractivity (Wildman–Crippen MR) is 171 cm³/mol. The van der Waals surface area contributed by atoms with E-state index >= 15 is 8.78 Å². The fourth-order valence-corrected chi connectivity index (χ4v) is 8.19. The van der Waals surface area contributed by atoms with Crippen molar-refractivity contribution in [1.29, 1.82) is 5.26 Å². The Kier molecular flexibility index (Phi) is 7.58. The first kappa shape index (κ1) is 29.8. The lowest BCUT2D eigenvalue weighted by molar-refractivity contribution is 0.0977. The Balaban J connectivity index is 1.37. The molecule has 3 N–H and O–H groups in total. The number of nitrogens with two attached hydrogens (primary N) is 1. The van der Waals surface area contributed by atoms with Crippen molar-refractivity contribution in [2.75, 3.05) is 50.0 Å². The van der Waals surface area contributed by atoms with E-state index in [-0.39, 0.29) is 57.3 Å². The molecule has 8 nitrogen and oxygen atoms in total. The van der Waals surface area contributed by atoms with Gasteiger partial charge >= 0.3 is 6.01 Å². The Labute approximate surface area is 263 Å². The number of hydrogen-bond acceptors (Lipinski definition) is 9. The average molecular weight is 634 g/mol. The number of fused-ring (bicyclic) bond motifs is 4. The van der Waals surface area contributed by atoms with Gasteiger partial charge in [0.1, 0.15) is 34.8 Å². The number of ether oxygens (including phenoxy) is 1. The van der Waals surface area contributed by atoms with Gasteiger partial charge in [-0.15, -0.1) is 11.3 Å². The number of thiophene rings is 1. The maximum absolute atomic E-state index is 16.8. The zero-order chi connectivity index (χ0) is 31.5. The Morgan fingerprint density at radius 3 is 2.73 bits per heavy atom. The SMILES string of the molecule is CCN1CC/C(=C\F)[C@](C)(COc2nc(N3C[C@H]4CC[C@@H](C3)N4)c3cc(F)c(-c4cccc5sc(N)c(C#N)c45)c(F)c3n2)C1. The van der Waals surface area contributed by atoms with Crippen LogP contribution in [-0.4, -0.2) is 66.3 Å². The third kappa shape index (κ3) is 5.07. The first-order chi connectivity index (χ1) is 21.7. The summed E-state index contributed by atoms with van der Waals surface area (Å²) in [4.78, 5) is 13.5. The molecule has 7 rings (SSSR count). The molecule has 12 heteroatoms. The van der Waals surface area contributed by atoms with Gasteiger partial charge in [0, 0.05) is 59.2 Å². The van der Waals surface area contributed by atoms with Crippen molar-refractivity contribution in [3.63, 3.8) is 0 Å². The minimum absolute atomic E-state index is 0.0522. The number of piperazine rings is 1. The Morgan fingerprint density at radius 2 is 2.02 bits per heavy atom. The number of halogens is 3. The summed E-state index contributed by atoms with van der Waals surface area (Å²) in [5, 5.41) is 14.3. The maximum atomic E-state index is 16.8. The molecule has 234 valence electrons. The summed E-state index contributed by atoms with van der Waals surface area (Å²) < 4.78 is 53.8. The fourth-order valence-electron chi connectivity index (χ4n) is 7.24. The summed E-state index contributed by atoms with van der Waals surface area (Å²) in [6.45, 7) is 7.55. The predicted octanol–water partition coefficient (Wildman–Crippen LogP) is 6.15. The molecule has 0 spiro atoms.